The summed E-state index contributed by atoms with van der Waals surface area (Å²) in [5, 5.41) is 7.87. The number of rotatable bonds is 5. The smallest absolute Gasteiger partial charge is 0.240 e. The van der Waals surface area contributed by atoms with Gasteiger partial charge >= 0.3 is 0 Å². The minimum atomic E-state index is -0.335. The Kier molecular flexibility index (Phi) is 6.74. The van der Waals surface area contributed by atoms with Gasteiger partial charge in [-0.05, 0) is 47.1 Å². The molecule has 1 unspecified atom stereocenters. The van der Waals surface area contributed by atoms with Crippen molar-refractivity contribution < 1.29 is 14.0 Å². The lowest BCUT2D eigenvalue weighted by Gasteiger charge is -2.37. The van der Waals surface area contributed by atoms with Crippen LogP contribution in [-0.2, 0) is 9.59 Å². The first-order valence-electron chi connectivity index (χ1n) is 13.2. The molecule has 1 aliphatic heterocycles. The lowest BCUT2D eigenvalue weighted by Crippen LogP contribution is -2.35. The van der Waals surface area contributed by atoms with E-state index in [1.807, 2.05) is 51.1 Å². The lowest BCUT2D eigenvalue weighted by atomic mass is 9.71. The second-order valence-corrected chi connectivity index (χ2v) is 12.4. The molecule has 0 bridgehead atoms. The monoisotopic (exact) mass is 527 g/mol. The number of anilines is 1. The minimum Gasteiger partial charge on any atom is -0.342 e. The number of aromatic nitrogens is 3. The Bertz CT molecular complexity index is 1490. The Balaban J connectivity index is 1.47. The summed E-state index contributed by atoms with van der Waals surface area (Å²) in [6.07, 6.45) is 8.79. The van der Waals surface area contributed by atoms with E-state index < -0.39 is 0 Å². The van der Waals surface area contributed by atoms with Crippen LogP contribution in [0.5, 0.6) is 0 Å². The number of ketones is 1. The molecule has 1 amide bonds. The van der Waals surface area contributed by atoms with Crippen LogP contribution in [0.4, 0.5) is 10.2 Å². The molecule has 3 aromatic rings. The second-order valence-electron chi connectivity index (χ2n) is 12.4. The molecule has 202 valence electrons. The fourth-order valence-electron chi connectivity index (χ4n) is 5.28. The fourth-order valence-corrected chi connectivity index (χ4v) is 5.28. The topological polar surface area (TPSA) is 88.9 Å². The van der Waals surface area contributed by atoms with Gasteiger partial charge in [0, 0.05) is 47.4 Å². The molecule has 0 spiro atoms. The van der Waals surface area contributed by atoms with Crippen molar-refractivity contribution >= 4 is 23.6 Å². The molecule has 2 N–H and O–H groups in total. The van der Waals surface area contributed by atoms with Gasteiger partial charge in [0.2, 0.25) is 5.91 Å². The van der Waals surface area contributed by atoms with Gasteiger partial charge in [-0.2, -0.15) is 9.89 Å². The normalized spacial score (nSPS) is 18.5. The highest BCUT2D eigenvalue weighted by Gasteiger charge is 2.40. The van der Waals surface area contributed by atoms with E-state index in [4.69, 9.17) is 0 Å². The van der Waals surface area contributed by atoms with Gasteiger partial charge in [0.05, 0.1) is 11.9 Å². The maximum Gasteiger partial charge on any atom is 0.240 e. The average Bonchev–Trinajstić information content (AvgIpc) is 3.22. The minimum absolute atomic E-state index is 0.105. The molecule has 2 aromatic heterocycles. The van der Waals surface area contributed by atoms with Crippen LogP contribution in [-0.4, -0.2) is 26.6 Å². The molecular formula is C31H34FN5O2. The molecule has 1 aromatic carbocycles. The average molecular weight is 528 g/mol. The van der Waals surface area contributed by atoms with Gasteiger partial charge in [0.15, 0.2) is 11.6 Å². The standard InChI is InChI=1S/C31H34FN5O2/c1-30(2,3)16-27(39)36-37-29-24(18-34-37)23(28-25(35-29)14-31(4,5)15-26(28)38)12-11-22-10-9-20(17-33-22)19-7-6-8-21(32)13-19/h6-13,17-18,23,35H,14-16H2,1-5H3,(H,36,39)/b12-11+. The zero-order chi connectivity index (χ0) is 27.9. The number of nitrogens with one attached hydrogen (secondary N) is 2. The van der Waals surface area contributed by atoms with Crippen LogP contribution in [0, 0.1) is 16.6 Å². The molecule has 1 aliphatic carbocycles. The van der Waals surface area contributed by atoms with Crippen LogP contribution >= 0.6 is 0 Å². The quantitative estimate of drug-likeness (QED) is 0.398. The molecule has 5 rings (SSSR count). The third-order valence-electron chi connectivity index (χ3n) is 6.96. The first kappa shape index (κ1) is 26.5. The number of hydrogen-bond donors (Lipinski definition) is 2. The van der Waals surface area contributed by atoms with Crippen LogP contribution in [0.15, 0.2) is 66.1 Å². The van der Waals surface area contributed by atoms with Crippen LogP contribution in [0.25, 0.3) is 17.2 Å². The fraction of sp³-hybridized carbons (Fsp3) is 0.355. The Morgan fingerprint density at radius 1 is 1.18 bits per heavy atom. The first-order chi connectivity index (χ1) is 18.4. The van der Waals surface area contributed by atoms with Crippen molar-refractivity contribution in [2.45, 2.75) is 59.8 Å². The van der Waals surface area contributed by atoms with Crippen LogP contribution in [0.1, 0.15) is 71.1 Å². The number of allylic oxidation sites excluding steroid dienone is 3. The van der Waals surface area contributed by atoms with Crippen molar-refractivity contribution in [2.75, 3.05) is 10.7 Å². The van der Waals surface area contributed by atoms with Crippen molar-refractivity contribution in [1.82, 2.24) is 14.9 Å². The number of benzene rings is 1. The second kappa shape index (κ2) is 9.91. The van der Waals surface area contributed by atoms with Crippen LogP contribution in [0.2, 0.25) is 0 Å². The maximum absolute atomic E-state index is 13.6. The molecule has 7 nitrogen and oxygen atoms in total. The van der Waals surface area contributed by atoms with E-state index in [9.17, 15) is 14.0 Å². The molecule has 39 heavy (non-hydrogen) atoms. The lowest BCUT2D eigenvalue weighted by molar-refractivity contribution is -0.119. The van der Waals surface area contributed by atoms with Gasteiger partial charge in [-0.15, -0.1) is 0 Å². The molecule has 2 aliphatic rings. The Hall–Kier alpha value is -4.07. The van der Waals surface area contributed by atoms with E-state index in [-0.39, 0.29) is 34.3 Å². The molecule has 8 heteroatoms. The highest BCUT2D eigenvalue weighted by molar-refractivity contribution is 6.01. The molecule has 1 atom stereocenters. The van der Waals surface area contributed by atoms with E-state index in [1.165, 1.54) is 16.9 Å². The van der Waals surface area contributed by atoms with Gasteiger partial charge < -0.3 is 5.32 Å². The number of fused-ring (bicyclic) bond motifs is 1. The predicted molar refractivity (Wildman–Crippen MR) is 151 cm³/mol. The molecule has 0 fully saturated rings. The summed E-state index contributed by atoms with van der Waals surface area (Å²) in [6.45, 7) is 10.2. The summed E-state index contributed by atoms with van der Waals surface area (Å²) < 4.78 is 13.6. The number of pyridine rings is 1. The largest absolute Gasteiger partial charge is 0.342 e. The molecule has 3 heterocycles. The summed E-state index contributed by atoms with van der Waals surface area (Å²) in [4.78, 5) is 32.1. The van der Waals surface area contributed by atoms with E-state index in [2.05, 4.69) is 34.7 Å². The third-order valence-corrected chi connectivity index (χ3v) is 6.96. The number of carbonyl (C=O) groups excluding carboxylic acids is 2. The van der Waals surface area contributed by atoms with E-state index in [0.717, 1.165) is 28.0 Å². The van der Waals surface area contributed by atoms with Gasteiger partial charge in [0.1, 0.15) is 5.82 Å². The molecule has 0 saturated heterocycles. The third kappa shape index (κ3) is 5.85. The summed E-state index contributed by atoms with van der Waals surface area (Å²) in [5.74, 6) is -0.00111. The number of carbonyl (C=O) groups is 2. The first-order valence-corrected chi connectivity index (χ1v) is 13.2. The Morgan fingerprint density at radius 3 is 2.67 bits per heavy atom. The Labute approximate surface area is 228 Å². The summed E-state index contributed by atoms with van der Waals surface area (Å²) in [7, 11) is 0. The summed E-state index contributed by atoms with van der Waals surface area (Å²) in [6, 6.07) is 10.2. The molecule has 0 radical (unpaired) electrons. The SMILES string of the molecule is CC(C)(C)CC(=O)Nn1ncc2c1NC1=C(C(=O)CC(C)(C)C1)C2/C=C/c1ccc(-c2cccc(F)c2)cn1. The summed E-state index contributed by atoms with van der Waals surface area (Å²) in [5.41, 5.74) is 7.24. The van der Waals surface area contributed by atoms with E-state index in [1.54, 1.807) is 18.5 Å². The predicted octanol–water partition coefficient (Wildman–Crippen LogP) is 6.46. The Morgan fingerprint density at radius 2 is 1.97 bits per heavy atom. The van der Waals surface area contributed by atoms with Crippen molar-refractivity contribution in [2.24, 2.45) is 10.8 Å². The zero-order valence-electron chi connectivity index (χ0n) is 23.0. The number of halogens is 1. The van der Waals surface area contributed by atoms with Crippen molar-refractivity contribution in [3.63, 3.8) is 0 Å². The van der Waals surface area contributed by atoms with Gasteiger partial charge in [0.25, 0.3) is 0 Å². The number of hydrogen-bond acceptors (Lipinski definition) is 5. The summed E-state index contributed by atoms with van der Waals surface area (Å²) >= 11 is 0. The van der Waals surface area contributed by atoms with Gasteiger partial charge in [-0.3, -0.25) is 14.6 Å². The van der Waals surface area contributed by atoms with E-state index >= 15 is 0 Å². The van der Waals surface area contributed by atoms with Crippen LogP contribution < -0.4 is 10.7 Å². The van der Waals surface area contributed by atoms with Gasteiger partial charge in [-0.1, -0.05) is 58.9 Å². The number of amides is 1. The van der Waals surface area contributed by atoms with Crippen molar-refractivity contribution in [3.8, 4) is 11.1 Å². The number of Topliss-reactive ketones (excluding diaryl/α,β-unsaturated/α-hetero) is 1. The zero-order valence-corrected chi connectivity index (χ0v) is 23.0. The molecule has 0 saturated carbocycles. The van der Waals surface area contributed by atoms with Crippen molar-refractivity contribution in [1.29, 1.82) is 0 Å². The van der Waals surface area contributed by atoms with Crippen LogP contribution in [0.3, 0.4) is 0 Å². The number of nitrogens with zero attached hydrogens (tertiary/aromatic N) is 3. The van der Waals surface area contributed by atoms with E-state index in [0.29, 0.717) is 30.8 Å². The molecular weight excluding hydrogens is 493 g/mol. The maximum atomic E-state index is 13.6. The highest BCUT2D eigenvalue weighted by atomic mass is 19.1. The van der Waals surface area contributed by atoms with Crippen molar-refractivity contribution in [3.05, 3.63) is 83.2 Å². The highest BCUT2D eigenvalue weighted by Crippen LogP contribution is 2.47. The van der Waals surface area contributed by atoms with Gasteiger partial charge in [-0.25, -0.2) is 9.82 Å².